The molecule has 0 spiro atoms. The van der Waals surface area contributed by atoms with Crippen molar-refractivity contribution < 1.29 is 19.4 Å². The number of hydrogen-bond donors (Lipinski definition) is 1. The van der Waals surface area contributed by atoms with Crippen LogP contribution in [0, 0.1) is 34.5 Å². The number of aliphatic hydroxyl groups is 1. The zero-order chi connectivity index (χ0) is 22.7. The van der Waals surface area contributed by atoms with E-state index < -0.39 is 5.60 Å². The molecule has 8 atom stereocenters. The van der Waals surface area contributed by atoms with E-state index in [1.54, 1.807) is 6.92 Å². The van der Waals surface area contributed by atoms with Gasteiger partial charge in [-0.05, 0) is 100 Å². The Labute approximate surface area is 192 Å². The number of rotatable bonds is 3. The van der Waals surface area contributed by atoms with Crippen molar-refractivity contribution in [2.45, 2.75) is 90.3 Å². The summed E-state index contributed by atoms with van der Waals surface area (Å²) in [5.74, 6) is 1.36. The maximum absolute atomic E-state index is 12.6. The first kappa shape index (κ1) is 22.1. The van der Waals surface area contributed by atoms with E-state index in [2.05, 4.69) is 13.8 Å². The van der Waals surface area contributed by atoms with Crippen molar-refractivity contribution in [2.75, 3.05) is 0 Å². The number of benzene rings is 1. The van der Waals surface area contributed by atoms with Crippen LogP contribution in [0.4, 0.5) is 0 Å². The fourth-order valence-corrected chi connectivity index (χ4v) is 8.74. The van der Waals surface area contributed by atoms with Crippen LogP contribution in [0.15, 0.2) is 30.3 Å². The molecule has 4 nitrogen and oxygen atoms in total. The fourth-order valence-electron chi connectivity index (χ4n) is 8.74. The molecule has 174 valence electrons. The van der Waals surface area contributed by atoms with Gasteiger partial charge in [0.2, 0.25) is 0 Å². The molecule has 5 rings (SSSR count). The van der Waals surface area contributed by atoms with Gasteiger partial charge in [0.1, 0.15) is 11.9 Å². The molecule has 0 radical (unpaired) electrons. The third kappa shape index (κ3) is 3.12. The second kappa shape index (κ2) is 7.68. The third-order valence-corrected chi connectivity index (χ3v) is 10.6. The van der Waals surface area contributed by atoms with Gasteiger partial charge in [-0.15, -0.1) is 0 Å². The molecule has 0 bridgehead atoms. The Morgan fingerprint density at radius 2 is 1.69 bits per heavy atom. The van der Waals surface area contributed by atoms with E-state index in [1.165, 1.54) is 0 Å². The molecule has 0 aliphatic heterocycles. The van der Waals surface area contributed by atoms with Gasteiger partial charge in [-0.2, -0.15) is 0 Å². The number of carbonyl (C=O) groups excluding carboxylic acids is 2. The number of hydrogen-bond acceptors (Lipinski definition) is 4. The van der Waals surface area contributed by atoms with Crippen LogP contribution in [0.1, 0.15) is 88.9 Å². The topological polar surface area (TPSA) is 63.6 Å². The maximum atomic E-state index is 12.6. The first-order valence-corrected chi connectivity index (χ1v) is 12.7. The summed E-state index contributed by atoms with van der Waals surface area (Å²) < 4.78 is 5.93. The van der Waals surface area contributed by atoms with Crippen LogP contribution in [0.2, 0.25) is 0 Å². The molecule has 0 amide bonds. The van der Waals surface area contributed by atoms with Crippen molar-refractivity contribution >= 4 is 11.8 Å². The molecule has 1 aromatic rings. The van der Waals surface area contributed by atoms with Gasteiger partial charge in [0.15, 0.2) is 0 Å². The van der Waals surface area contributed by atoms with E-state index in [9.17, 15) is 14.7 Å². The van der Waals surface area contributed by atoms with Crippen molar-refractivity contribution in [1.82, 2.24) is 0 Å². The van der Waals surface area contributed by atoms with Crippen molar-refractivity contribution in [3.8, 4) is 0 Å². The van der Waals surface area contributed by atoms with Gasteiger partial charge in [0, 0.05) is 11.3 Å². The highest BCUT2D eigenvalue weighted by Gasteiger charge is 2.67. The van der Waals surface area contributed by atoms with E-state index >= 15 is 0 Å². The lowest BCUT2D eigenvalue weighted by Gasteiger charge is -2.63. The Hall–Kier alpha value is -1.68. The molecule has 4 aliphatic rings. The maximum Gasteiger partial charge on any atom is 0.338 e. The predicted octanol–water partition coefficient (Wildman–Crippen LogP) is 5.57. The van der Waals surface area contributed by atoms with Gasteiger partial charge in [-0.3, -0.25) is 4.79 Å². The Morgan fingerprint density at radius 3 is 2.41 bits per heavy atom. The Balaban J connectivity index is 1.32. The van der Waals surface area contributed by atoms with Gasteiger partial charge >= 0.3 is 5.97 Å². The van der Waals surface area contributed by atoms with Crippen LogP contribution in [-0.2, 0) is 9.53 Å². The lowest BCUT2D eigenvalue weighted by molar-refractivity contribution is -0.210. The molecule has 32 heavy (non-hydrogen) atoms. The van der Waals surface area contributed by atoms with Crippen LogP contribution in [0.5, 0.6) is 0 Å². The fraction of sp³-hybridized carbons (Fsp3) is 0.714. The molecular weight excluding hydrogens is 400 g/mol. The van der Waals surface area contributed by atoms with Crippen molar-refractivity contribution in [3.63, 3.8) is 0 Å². The molecular formula is C28H38O4. The summed E-state index contributed by atoms with van der Waals surface area (Å²) in [5, 5.41) is 12.1. The zero-order valence-electron chi connectivity index (χ0n) is 19.8. The number of Topliss-reactive ketones (excluding diaryl/α,β-unsaturated/α-hetero) is 1. The minimum absolute atomic E-state index is 0.00659. The molecule has 0 aromatic heterocycles. The van der Waals surface area contributed by atoms with Gasteiger partial charge < -0.3 is 9.84 Å². The quantitative estimate of drug-likeness (QED) is 0.626. The lowest BCUT2D eigenvalue weighted by Crippen LogP contribution is -2.62. The van der Waals surface area contributed by atoms with Crippen molar-refractivity contribution in [2.24, 2.45) is 34.5 Å². The molecule has 0 saturated heterocycles. The second-order valence-corrected chi connectivity index (χ2v) is 11.7. The summed E-state index contributed by atoms with van der Waals surface area (Å²) in [6.45, 7) is 6.34. The molecule has 4 saturated carbocycles. The molecule has 4 heteroatoms. The van der Waals surface area contributed by atoms with Crippen LogP contribution in [-0.4, -0.2) is 28.6 Å². The number of ketones is 1. The zero-order valence-corrected chi connectivity index (χ0v) is 19.8. The molecule has 0 unspecified atom stereocenters. The van der Waals surface area contributed by atoms with E-state index in [4.69, 9.17) is 4.74 Å². The average molecular weight is 439 g/mol. The molecule has 4 aliphatic carbocycles. The van der Waals surface area contributed by atoms with E-state index in [-0.39, 0.29) is 40.5 Å². The smallest absolute Gasteiger partial charge is 0.338 e. The molecule has 1 aromatic carbocycles. The van der Waals surface area contributed by atoms with Crippen LogP contribution >= 0.6 is 0 Å². The first-order valence-electron chi connectivity index (χ1n) is 12.7. The molecule has 0 heterocycles. The Kier molecular flexibility index (Phi) is 5.31. The first-order chi connectivity index (χ1) is 15.2. The van der Waals surface area contributed by atoms with Crippen LogP contribution in [0.3, 0.4) is 0 Å². The number of fused-ring (bicyclic) bond motifs is 5. The number of carbonyl (C=O) groups is 2. The van der Waals surface area contributed by atoms with Crippen molar-refractivity contribution in [1.29, 1.82) is 0 Å². The predicted molar refractivity (Wildman–Crippen MR) is 123 cm³/mol. The van der Waals surface area contributed by atoms with Crippen LogP contribution < -0.4 is 0 Å². The van der Waals surface area contributed by atoms with Crippen molar-refractivity contribution in [3.05, 3.63) is 35.9 Å². The highest BCUT2D eigenvalue weighted by atomic mass is 16.5. The second-order valence-electron chi connectivity index (χ2n) is 11.7. The average Bonchev–Trinajstić information content (AvgIpc) is 3.06. The lowest BCUT2D eigenvalue weighted by atomic mass is 9.43. The third-order valence-electron chi connectivity index (χ3n) is 10.6. The SMILES string of the molecule is CC(=O)[C@H]1CC[C@]2(O)[C@@H]3CC[C@@H]4C[C@@H](OC(=O)c5ccccc5)CC[C@]4(C)[C@H]3CC[C@]12C. The van der Waals surface area contributed by atoms with E-state index in [0.29, 0.717) is 17.4 Å². The largest absolute Gasteiger partial charge is 0.459 e. The van der Waals surface area contributed by atoms with E-state index in [0.717, 1.165) is 57.8 Å². The highest BCUT2D eigenvalue weighted by molar-refractivity contribution is 5.89. The highest BCUT2D eigenvalue weighted by Crippen LogP contribution is 2.69. The minimum Gasteiger partial charge on any atom is -0.459 e. The summed E-state index contributed by atoms with van der Waals surface area (Å²) in [5.41, 5.74) is -0.175. The monoisotopic (exact) mass is 438 g/mol. The van der Waals surface area contributed by atoms with E-state index in [1.807, 2.05) is 30.3 Å². The number of ether oxygens (including phenoxy) is 1. The summed E-state index contributed by atoms with van der Waals surface area (Å²) in [6, 6.07) is 9.29. The molecule has 1 N–H and O–H groups in total. The Bertz CT molecular complexity index is 896. The summed E-state index contributed by atoms with van der Waals surface area (Å²) in [4.78, 5) is 25.0. The number of esters is 1. The molecule has 4 fully saturated rings. The standard InChI is InChI=1S/C28H38O4/c1-18(29)22-13-16-28(31)24-10-9-20-17-21(32-25(30)19-7-5-4-6-8-19)11-14-26(20,2)23(24)12-15-27(22,28)3/h4-8,20-24,31H,9-17H2,1-3H3/t20-,21+,22-,23+,24-,26+,27-,28+/m1/s1. The van der Waals surface area contributed by atoms with Gasteiger partial charge in [0.25, 0.3) is 0 Å². The van der Waals surface area contributed by atoms with Gasteiger partial charge in [0.05, 0.1) is 11.2 Å². The van der Waals surface area contributed by atoms with Gasteiger partial charge in [-0.25, -0.2) is 4.79 Å². The summed E-state index contributed by atoms with van der Waals surface area (Å²) in [6.07, 6.45) is 8.65. The normalized spacial score (nSPS) is 45.3. The Morgan fingerprint density at radius 1 is 0.938 bits per heavy atom. The summed E-state index contributed by atoms with van der Waals surface area (Å²) in [7, 11) is 0. The summed E-state index contributed by atoms with van der Waals surface area (Å²) >= 11 is 0. The van der Waals surface area contributed by atoms with Gasteiger partial charge in [-0.1, -0.05) is 32.0 Å². The minimum atomic E-state index is -0.711. The van der Waals surface area contributed by atoms with Crippen LogP contribution in [0.25, 0.3) is 0 Å².